The molecule has 1 aromatic rings. The fourth-order valence-corrected chi connectivity index (χ4v) is 3.13. The number of benzene rings is 1. The largest absolute Gasteiger partial charge is 0.417 e. The number of rotatable bonds is 10. The van der Waals surface area contributed by atoms with Gasteiger partial charge in [0, 0.05) is 6.61 Å². The topological polar surface area (TPSA) is 18.5 Å². The zero-order valence-corrected chi connectivity index (χ0v) is 17.5. The average Bonchev–Trinajstić information content (AvgIpc) is 2.52. The highest BCUT2D eigenvalue weighted by atomic mass is 28.4. The van der Waals surface area contributed by atoms with Crippen LogP contribution in [0.5, 0.6) is 0 Å². The Hall–Kier alpha value is -0.903. The molecule has 0 aliphatic heterocycles. The summed E-state index contributed by atoms with van der Waals surface area (Å²) in [6.45, 7) is 16.1. The van der Waals surface area contributed by atoms with Gasteiger partial charge in [-0.2, -0.15) is 0 Å². The number of hydrogen-bond donors (Lipinski definition) is 0. The van der Waals surface area contributed by atoms with Crippen LogP contribution in [0.15, 0.2) is 42.5 Å². The van der Waals surface area contributed by atoms with E-state index in [1.54, 1.807) is 0 Å². The Morgan fingerprint density at radius 1 is 1.08 bits per heavy atom. The maximum Gasteiger partial charge on any atom is 0.191 e. The van der Waals surface area contributed by atoms with E-state index >= 15 is 0 Å². The maximum atomic E-state index is 6.28. The molecule has 0 unspecified atom stereocenters. The molecule has 0 N–H and O–H groups in total. The van der Waals surface area contributed by atoms with Crippen LogP contribution in [-0.2, 0) is 15.8 Å². The average molecular weight is 349 g/mol. The minimum atomic E-state index is -1.61. The van der Waals surface area contributed by atoms with Gasteiger partial charge in [-0.15, -0.1) is 0 Å². The second kappa shape index (κ2) is 10.2. The second-order valence-corrected chi connectivity index (χ2v) is 13.0. The molecule has 0 radical (unpaired) electrons. The first-order valence-corrected chi connectivity index (χ1v) is 12.0. The van der Waals surface area contributed by atoms with Crippen molar-refractivity contribution in [2.24, 2.45) is 5.92 Å². The molecule has 1 atom stereocenters. The molecule has 1 rings (SSSR count). The Bertz CT molecular complexity index is 474. The quantitative estimate of drug-likeness (QED) is 0.285. The first-order chi connectivity index (χ1) is 11.2. The normalized spacial score (nSPS) is 14.2. The number of ether oxygens (including phenoxy) is 1. The van der Waals surface area contributed by atoms with Gasteiger partial charge < -0.3 is 9.16 Å². The Labute approximate surface area is 150 Å². The molecule has 0 bridgehead atoms. The summed E-state index contributed by atoms with van der Waals surface area (Å²) >= 11 is 0. The highest BCUT2D eigenvalue weighted by Gasteiger charge is 2.37. The van der Waals surface area contributed by atoms with Crippen molar-refractivity contribution in [2.45, 2.75) is 65.3 Å². The van der Waals surface area contributed by atoms with Gasteiger partial charge in [0.2, 0.25) is 0 Å². The fraction of sp³-hybridized carbons (Fsp3) is 0.619. The second-order valence-electron chi connectivity index (χ2n) is 8.21. The van der Waals surface area contributed by atoms with E-state index in [0.717, 1.165) is 26.1 Å². The lowest BCUT2D eigenvalue weighted by Gasteiger charge is -2.36. The van der Waals surface area contributed by atoms with E-state index in [-0.39, 0.29) is 0 Å². The molecule has 0 saturated carbocycles. The molecule has 2 nitrogen and oxygen atoms in total. The van der Waals surface area contributed by atoms with Gasteiger partial charge in [0.05, 0.1) is 13.2 Å². The van der Waals surface area contributed by atoms with Crippen LogP contribution in [-0.4, -0.2) is 21.5 Å². The lowest BCUT2D eigenvalue weighted by Crippen LogP contribution is -2.41. The summed E-state index contributed by atoms with van der Waals surface area (Å²) in [5, 5.41) is 0.290. The van der Waals surface area contributed by atoms with E-state index in [9.17, 15) is 0 Å². The standard InChI is InChI=1S/C21H36O2Si/c1-19(17-23-24(5,6)21(2,3)4)13-9-8-12-16-22-18-20-14-10-7-11-15-20/h7-11,14-15,19H,12-13,16-18H2,1-6H3/b9-8+/t19-/m0/s1. The summed E-state index contributed by atoms with van der Waals surface area (Å²) in [6.07, 6.45) is 6.55. The van der Waals surface area contributed by atoms with Crippen molar-refractivity contribution in [3.63, 3.8) is 0 Å². The van der Waals surface area contributed by atoms with Crippen molar-refractivity contribution < 1.29 is 9.16 Å². The molecule has 24 heavy (non-hydrogen) atoms. The molecule has 0 saturated heterocycles. The molecular weight excluding hydrogens is 312 g/mol. The molecule has 1 aromatic carbocycles. The van der Waals surface area contributed by atoms with E-state index in [0.29, 0.717) is 17.6 Å². The third kappa shape index (κ3) is 8.27. The predicted octanol–water partition coefficient (Wildman–Crippen LogP) is 6.20. The molecule has 0 amide bonds. The van der Waals surface area contributed by atoms with Crippen LogP contribution in [0.1, 0.15) is 46.1 Å². The summed E-state index contributed by atoms with van der Waals surface area (Å²) in [5.41, 5.74) is 1.23. The van der Waals surface area contributed by atoms with Crippen LogP contribution < -0.4 is 0 Å². The van der Waals surface area contributed by atoms with Gasteiger partial charge in [-0.05, 0) is 42.5 Å². The van der Waals surface area contributed by atoms with Gasteiger partial charge in [-0.3, -0.25) is 0 Å². The molecule has 0 aliphatic carbocycles. The Kier molecular flexibility index (Phi) is 8.96. The number of allylic oxidation sites excluding steroid dienone is 1. The summed E-state index contributed by atoms with van der Waals surface area (Å²) in [5.74, 6) is 0.570. The van der Waals surface area contributed by atoms with Gasteiger partial charge in [-0.25, -0.2) is 0 Å². The summed E-state index contributed by atoms with van der Waals surface area (Å²) in [7, 11) is -1.61. The van der Waals surface area contributed by atoms with Crippen molar-refractivity contribution in [3.05, 3.63) is 48.0 Å². The molecule has 136 valence electrons. The van der Waals surface area contributed by atoms with Crippen molar-refractivity contribution in [3.8, 4) is 0 Å². The highest BCUT2D eigenvalue weighted by Crippen LogP contribution is 2.36. The van der Waals surface area contributed by atoms with Crippen LogP contribution in [0.3, 0.4) is 0 Å². The van der Waals surface area contributed by atoms with Crippen LogP contribution in [0, 0.1) is 5.92 Å². The smallest absolute Gasteiger partial charge is 0.191 e. The molecule has 0 aliphatic rings. The molecular formula is C21H36O2Si. The third-order valence-electron chi connectivity index (χ3n) is 4.78. The van der Waals surface area contributed by atoms with Crippen LogP contribution >= 0.6 is 0 Å². The summed E-state index contributed by atoms with van der Waals surface area (Å²) in [4.78, 5) is 0. The third-order valence-corrected chi connectivity index (χ3v) is 9.28. The molecule has 0 heterocycles. The SMILES string of the molecule is C[C@@H](C/C=C/CCOCc1ccccc1)CO[Si](C)(C)C(C)(C)C. The van der Waals surface area contributed by atoms with E-state index in [4.69, 9.17) is 9.16 Å². The zero-order valence-electron chi connectivity index (χ0n) is 16.5. The highest BCUT2D eigenvalue weighted by molar-refractivity contribution is 6.74. The zero-order chi connectivity index (χ0) is 18.1. The van der Waals surface area contributed by atoms with Crippen LogP contribution in [0.4, 0.5) is 0 Å². The van der Waals surface area contributed by atoms with Gasteiger partial charge >= 0.3 is 0 Å². The van der Waals surface area contributed by atoms with E-state index < -0.39 is 8.32 Å². The Morgan fingerprint density at radius 3 is 2.38 bits per heavy atom. The van der Waals surface area contributed by atoms with E-state index in [1.165, 1.54) is 5.56 Å². The van der Waals surface area contributed by atoms with Gasteiger partial charge in [0.15, 0.2) is 8.32 Å². The number of hydrogen-bond acceptors (Lipinski definition) is 2. The predicted molar refractivity (Wildman–Crippen MR) is 107 cm³/mol. The lowest BCUT2D eigenvalue weighted by molar-refractivity contribution is 0.125. The first-order valence-electron chi connectivity index (χ1n) is 9.13. The lowest BCUT2D eigenvalue weighted by atomic mass is 10.1. The first kappa shape index (κ1) is 21.1. The summed E-state index contributed by atoms with van der Waals surface area (Å²) in [6, 6.07) is 10.3. The Balaban J connectivity index is 2.11. The van der Waals surface area contributed by atoms with Gasteiger partial charge in [-0.1, -0.05) is 70.2 Å². The molecule has 3 heteroatoms. The molecule has 0 aromatic heterocycles. The minimum absolute atomic E-state index is 0.290. The van der Waals surface area contributed by atoms with E-state index in [1.807, 2.05) is 18.2 Å². The van der Waals surface area contributed by atoms with Crippen LogP contribution in [0.25, 0.3) is 0 Å². The van der Waals surface area contributed by atoms with Crippen molar-refractivity contribution >= 4 is 8.32 Å². The minimum Gasteiger partial charge on any atom is -0.417 e. The monoisotopic (exact) mass is 348 g/mol. The van der Waals surface area contributed by atoms with Gasteiger partial charge in [0.1, 0.15) is 0 Å². The van der Waals surface area contributed by atoms with E-state index in [2.05, 4.69) is 65.1 Å². The van der Waals surface area contributed by atoms with Crippen molar-refractivity contribution in [1.82, 2.24) is 0 Å². The Morgan fingerprint density at radius 2 is 1.75 bits per heavy atom. The van der Waals surface area contributed by atoms with Gasteiger partial charge in [0.25, 0.3) is 0 Å². The summed E-state index contributed by atoms with van der Waals surface area (Å²) < 4.78 is 12.0. The maximum absolute atomic E-state index is 6.28. The van der Waals surface area contributed by atoms with Crippen molar-refractivity contribution in [2.75, 3.05) is 13.2 Å². The van der Waals surface area contributed by atoms with Crippen molar-refractivity contribution in [1.29, 1.82) is 0 Å². The van der Waals surface area contributed by atoms with Crippen LogP contribution in [0.2, 0.25) is 18.1 Å². The molecule has 0 fully saturated rings. The fourth-order valence-electron chi connectivity index (χ4n) is 2.00. The molecule has 0 spiro atoms.